The fourth-order valence-electron chi connectivity index (χ4n) is 2.13. The van der Waals surface area contributed by atoms with E-state index in [9.17, 15) is 9.90 Å². The fourth-order valence-corrected chi connectivity index (χ4v) is 2.72. The van der Waals surface area contributed by atoms with E-state index in [-0.39, 0.29) is 5.56 Å². The van der Waals surface area contributed by atoms with Crippen LogP contribution in [0.15, 0.2) is 23.3 Å². The van der Waals surface area contributed by atoms with E-state index in [1.54, 1.807) is 34.8 Å². The lowest BCUT2D eigenvalue weighted by Crippen LogP contribution is -2.11. The molecule has 8 heteroatoms. The van der Waals surface area contributed by atoms with Crippen molar-refractivity contribution < 1.29 is 9.90 Å². The molecule has 0 aromatic carbocycles. The minimum atomic E-state index is -1.01. The lowest BCUT2D eigenvalue weighted by molar-refractivity contribution is 0.0697. The Morgan fingerprint density at radius 1 is 1.43 bits per heavy atom. The van der Waals surface area contributed by atoms with Crippen LogP contribution < -0.4 is 5.32 Å². The first-order valence-corrected chi connectivity index (χ1v) is 7.26. The van der Waals surface area contributed by atoms with Gasteiger partial charge >= 0.3 is 5.97 Å². The van der Waals surface area contributed by atoms with E-state index in [2.05, 4.69) is 20.4 Å². The average Bonchev–Trinajstić information content (AvgIpc) is 3.09. The Kier molecular flexibility index (Phi) is 3.53. The van der Waals surface area contributed by atoms with Gasteiger partial charge in [-0.05, 0) is 0 Å². The molecule has 2 N–H and O–H groups in total. The Labute approximate surface area is 124 Å². The highest BCUT2D eigenvalue weighted by Crippen LogP contribution is 2.25. The Bertz CT molecular complexity index is 781. The molecule has 0 amide bonds. The van der Waals surface area contributed by atoms with Crippen LogP contribution in [0.2, 0.25) is 0 Å². The van der Waals surface area contributed by atoms with Crippen LogP contribution in [0.1, 0.15) is 16.1 Å². The quantitative estimate of drug-likeness (QED) is 0.746. The lowest BCUT2D eigenvalue weighted by Gasteiger charge is -2.10. The Morgan fingerprint density at radius 2 is 2.29 bits per heavy atom. The van der Waals surface area contributed by atoms with E-state index < -0.39 is 5.97 Å². The maximum absolute atomic E-state index is 11.3. The van der Waals surface area contributed by atoms with Gasteiger partial charge in [-0.15, -0.1) is 11.3 Å². The summed E-state index contributed by atoms with van der Waals surface area (Å²) in [6.45, 7) is 0.595. The molecule has 0 saturated carbocycles. The summed E-state index contributed by atoms with van der Waals surface area (Å²) >= 11 is 1.54. The van der Waals surface area contributed by atoms with E-state index >= 15 is 0 Å². The van der Waals surface area contributed by atoms with Gasteiger partial charge in [0.1, 0.15) is 5.56 Å². The summed E-state index contributed by atoms with van der Waals surface area (Å²) < 4.78 is 1.62. The van der Waals surface area contributed by atoms with Crippen LogP contribution >= 0.6 is 11.3 Å². The summed E-state index contributed by atoms with van der Waals surface area (Å²) in [5.41, 5.74) is 4.12. The second kappa shape index (κ2) is 5.49. The van der Waals surface area contributed by atoms with E-state index in [4.69, 9.17) is 0 Å². The third-order valence-corrected chi connectivity index (χ3v) is 3.79. The van der Waals surface area contributed by atoms with Crippen molar-refractivity contribution in [2.75, 3.05) is 11.9 Å². The molecule has 108 valence electrons. The van der Waals surface area contributed by atoms with Crippen LogP contribution in [0.5, 0.6) is 0 Å². The predicted octanol–water partition coefficient (Wildman–Crippen LogP) is 1.78. The predicted molar refractivity (Wildman–Crippen MR) is 79.8 cm³/mol. The third-order valence-electron chi connectivity index (χ3n) is 3.16. The summed E-state index contributed by atoms with van der Waals surface area (Å²) in [5, 5.41) is 19.3. The van der Waals surface area contributed by atoms with Gasteiger partial charge in [-0.2, -0.15) is 5.10 Å². The number of carboxylic acid groups (broad SMARTS) is 1. The standard InChI is InChI=1S/C13H13N5O2S/c1-18-12-9(5-17-18)11(10(4-15-12)13(19)20)14-3-2-8-6-21-7-16-8/h4-7H,2-3H2,1H3,(H,14,15)(H,19,20). The van der Waals surface area contributed by atoms with Crippen molar-refractivity contribution in [2.24, 2.45) is 7.05 Å². The highest BCUT2D eigenvalue weighted by Gasteiger charge is 2.16. The van der Waals surface area contributed by atoms with Crippen molar-refractivity contribution >= 4 is 34.0 Å². The molecule has 0 aliphatic carbocycles. The number of aromatic nitrogens is 4. The maximum Gasteiger partial charge on any atom is 0.339 e. The second-order valence-electron chi connectivity index (χ2n) is 4.51. The van der Waals surface area contributed by atoms with Gasteiger partial charge in [0, 0.05) is 31.6 Å². The smallest absolute Gasteiger partial charge is 0.339 e. The first kappa shape index (κ1) is 13.5. The number of nitrogens with one attached hydrogen (secondary N) is 1. The lowest BCUT2D eigenvalue weighted by atomic mass is 10.1. The van der Waals surface area contributed by atoms with E-state index in [0.717, 1.165) is 12.1 Å². The van der Waals surface area contributed by atoms with Gasteiger partial charge in [0.05, 0.1) is 28.5 Å². The van der Waals surface area contributed by atoms with Crippen molar-refractivity contribution in [3.8, 4) is 0 Å². The molecule has 0 spiro atoms. The van der Waals surface area contributed by atoms with Gasteiger partial charge in [0.2, 0.25) is 0 Å². The summed E-state index contributed by atoms with van der Waals surface area (Å²) in [6.07, 6.45) is 3.71. The molecule has 0 bridgehead atoms. The summed E-state index contributed by atoms with van der Waals surface area (Å²) in [5.74, 6) is -1.01. The monoisotopic (exact) mass is 303 g/mol. The number of anilines is 1. The number of nitrogens with zero attached hydrogens (tertiary/aromatic N) is 4. The number of aromatic carboxylic acids is 1. The minimum Gasteiger partial charge on any atom is -0.478 e. The molecular weight excluding hydrogens is 290 g/mol. The number of aryl methyl sites for hydroxylation is 1. The summed E-state index contributed by atoms with van der Waals surface area (Å²) in [4.78, 5) is 19.7. The number of hydrogen-bond donors (Lipinski definition) is 2. The number of fused-ring (bicyclic) bond motifs is 1. The zero-order valence-corrected chi connectivity index (χ0v) is 12.1. The number of carboxylic acids is 1. The van der Waals surface area contributed by atoms with Crippen molar-refractivity contribution in [2.45, 2.75) is 6.42 Å². The molecule has 21 heavy (non-hydrogen) atoms. The highest BCUT2D eigenvalue weighted by molar-refractivity contribution is 7.07. The zero-order valence-electron chi connectivity index (χ0n) is 11.3. The Morgan fingerprint density at radius 3 is 3.00 bits per heavy atom. The van der Waals surface area contributed by atoms with Gasteiger partial charge in [-0.3, -0.25) is 4.68 Å². The number of pyridine rings is 1. The molecule has 0 radical (unpaired) electrons. The normalized spacial score (nSPS) is 10.9. The molecule has 7 nitrogen and oxygen atoms in total. The number of rotatable bonds is 5. The SMILES string of the molecule is Cn1ncc2c(NCCc3cscn3)c(C(=O)O)cnc21. The van der Waals surface area contributed by atoms with E-state index in [0.29, 0.717) is 23.3 Å². The zero-order chi connectivity index (χ0) is 14.8. The van der Waals surface area contributed by atoms with Crippen LogP contribution in [0.4, 0.5) is 5.69 Å². The molecule has 0 saturated heterocycles. The van der Waals surface area contributed by atoms with Crippen LogP contribution in [0, 0.1) is 0 Å². The molecule has 3 heterocycles. The molecule has 0 unspecified atom stereocenters. The van der Waals surface area contributed by atoms with Crippen molar-refractivity contribution in [3.05, 3.63) is 34.5 Å². The highest BCUT2D eigenvalue weighted by atomic mass is 32.1. The molecule has 0 aliphatic heterocycles. The van der Waals surface area contributed by atoms with Gasteiger partial charge in [0.25, 0.3) is 0 Å². The van der Waals surface area contributed by atoms with Gasteiger partial charge in [-0.25, -0.2) is 14.8 Å². The summed E-state index contributed by atoms with van der Waals surface area (Å²) in [6, 6.07) is 0. The molecule has 0 atom stereocenters. The van der Waals surface area contributed by atoms with E-state index in [1.807, 2.05) is 5.38 Å². The third kappa shape index (κ3) is 2.57. The number of carbonyl (C=O) groups is 1. The Hall–Kier alpha value is -2.48. The average molecular weight is 303 g/mol. The molecule has 0 aliphatic rings. The minimum absolute atomic E-state index is 0.147. The number of thiazole rings is 1. The van der Waals surface area contributed by atoms with Crippen molar-refractivity contribution in [3.63, 3.8) is 0 Å². The van der Waals surface area contributed by atoms with Crippen LogP contribution in [-0.2, 0) is 13.5 Å². The van der Waals surface area contributed by atoms with Crippen LogP contribution in [-0.4, -0.2) is 37.4 Å². The van der Waals surface area contributed by atoms with Crippen LogP contribution in [0.25, 0.3) is 11.0 Å². The van der Waals surface area contributed by atoms with Crippen molar-refractivity contribution in [1.29, 1.82) is 0 Å². The first-order chi connectivity index (χ1) is 10.2. The molecule has 3 rings (SSSR count). The largest absolute Gasteiger partial charge is 0.478 e. The Balaban J connectivity index is 1.90. The molecular formula is C13H13N5O2S. The van der Waals surface area contributed by atoms with E-state index in [1.165, 1.54) is 6.20 Å². The van der Waals surface area contributed by atoms with Crippen LogP contribution in [0.3, 0.4) is 0 Å². The second-order valence-corrected chi connectivity index (χ2v) is 5.23. The summed E-state index contributed by atoms with van der Waals surface area (Å²) in [7, 11) is 1.77. The molecule has 3 aromatic heterocycles. The fraction of sp³-hybridized carbons (Fsp3) is 0.231. The molecule has 0 fully saturated rings. The van der Waals surface area contributed by atoms with Gasteiger partial charge in [0.15, 0.2) is 5.65 Å². The molecule has 3 aromatic rings. The first-order valence-electron chi connectivity index (χ1n) is 6.31. The topological polar surface area (TPSA) is 92.9 Å². The van der Waals surface area contributed by atoms with Gasteiger partial charge < -0.3 is 10.4 Å². The number of hydrogen-bond acceptors (Lipinski definition) is 6. The maximum atomic E-state index is 11.3. The van der Waals surface area contributed by atoms with Crippen molar-refractivity contribution in [1.82, 2.24) is 19.7 Å². The van der Waals surface area contributed by atoms with Gasteiger partial charge in [-0.1, -0.05) is 0 Å².